The molecule has 24 heavy (non-hydrogen) atoms. The van der Waals surface area contributed by atoms with Crippen molar-refractivity contribution in [1.29, 1.82) is 0 Å². The van der Waals surface area contributed by atoms with Crippen molar-refractivity contribution < 1.29 is 0 Å². The number of pyridine rings is 2. The third kappa shape index (κ3) is 3.04. The second-order valence-electron chi connectivity index (χ2n) is 5.58. The summed E-state index contributed by atoms with van der Waals surface area (Å²) < 4.78 is 0. The summed E-state index contributed by atoms with van der Waals surface area (Å²) in [5.74, 6) is 1.05. The van der Waals surface area contributed by atoms with Crippen molar-refractivity contribution in [3.05, 3.63) is 47.0 Å². The molecule has 0 atom stereocenters. The minimum atomic E-state index is -0.189. The van der Waals surface area contributed by atoms with Gasteiger partial charge in [-0.2, -0.15) is 4.98 Å². The predicted octanol–water partition coefficient (Wildman–Crippen LogP) is 0.866. The maximum atomic E-state index is 11.4. The van der Waals surface area contributed by atoms with Crippen LogP contribution in [-0.2, 0) is 0 Å². The van der Waals surface area contributed by atoms with Gasteiger partial charge >= 0.3 is 0 Å². The fraction of sp³-hybridized carbons (Fsp3) is 0.250. The third-order valence-electron chi connectivity index (χ3n) is 3.94. The predicted molar refractivity (Wildman–Crippen MR) is 92.8 cm³/mol. The molecule has 0 spiro atoms. The van der Waals surface area contributed by atoms with Crippen LogP contribution in [0.15, 0.2) is 41.5 Å². The molecule has 3 aromatic heterocycles. The van der Waals surface area contributed by atoms with Gasteiger partial charge in [0.25, 0.3) is 0 Å². The molecule has 1 fully saturated rings. The monoisotopic (exact) mass is 323 g/mol. The quantitative estimate of drug-likeness (QED) is 0.657. The van der Waals surface area contributed by atoms with Gasteiger partial charge in [-0.3, -0.25) is 4.79 Å². The van der Waals surface area contributed by atoms with Crippen LogP contribution < -0.4 is 21.1 Å². The summed E-state index contributed by atoms with van der Waals surface area (Å²) in [5, 5.41) is 7.17. The van der Waals surface area contributed by atoms with E-state index in [4.69, 9.17) is 0 Å². The molecule has 8 nitrogen and oxygen atoms in total. The van der Waals surface area contributed by atoms with Crippen molar-refractivity contribution in [2.45, 2.75) is 0 Å². The van der Waals surface area contributed by atoms with E-state index in [-0.39, 0.29) is 5.56 Å². The highest BCUT2D eigenvalue weighted by molar-refractivity contribution is 5.74. The first-order valence-corrected chi connectivity index (χ1v) is 7.83. The van der Waals surface area contributed by atoms with E-state index >= 15 is 0 Å². The number of hydrogen-bond donors (Lipinski definition) is 3. The van der Waals surface area contributed by atoms with Gasteiger partial charge in [0.1, 0.15) is 11.5 Å². The van der Waals surface area contributed by atoms with E-state index in [0.29, 0.717) is 17.4 Å². The van der Waals surface area contributed by atoms with E-state index in [0.717, 1.165) is 37.3 Å². The molecular weight excluding hydrogens is 306 g/mol. The Morgan fingerprint density at radius 1 is 1.04 bits per heavy atom. The van der Waals surface area contributed by atoms with Crippen molar-refractivity contribution in [1.82, 2.24) is 25.3 Å². The number of aromatic amines is 1. The lowest BCUT2D eigenvalue weighted by atomic mass is 10.3. The molecule has 0 amide bonds. The lowest BCUT2D eigenvalue weighted by Gasteiger charge is -2.29. The van der Waals surface area contributed by atoms with E-state index < -0.39 is 0 Å². The zero-order valence-electron chi connectivity index (χ0n) is 13.0. The SMILES string of the molecule is O=c1ccc2cnc(Nc3ccc(N4CCNCC4)cn3)nc2[nH]1. The fourth-order valence-electron chi connectivity index (χ4n) is 2.68. The molecule has 4 heterocycles. The van der Waals surface area contributed by atoms with Crippen LogP contribution in [0, 0.1) is 0 Å². The van der Waals surface area contributed by atoms with Crippen LogP contribution >= 0.6 is 0 Å². The molecule has 122 valence electrons. The Morgan fingerprint density at radius 3 is 2.71 bits per heavy atom. The smallest absolute Gasteiger partial charge is 0.249 e. The third-order valence-corrected chi connectivity index (χ3v) is 3.94. The van der Waals surface area contributed by atoms with Crippen molar-refractivity contribution in [3.8, 4) is 0 Å². The lowest BCUT2D eigenvalue weighted by Crippen LogP contribution is -2.43. The Morgan fingerprint density at radius 2 is 1.92 bits per heavy atom. The molecule has 0 radical (unpaired) electrons. The Labute approximate surface area is 138 Å². The zero-order valence-corrected chi connectivity index (χ0v) is 13.0. The maximum absolute atomic E-state index is 11.4. The number of nitrogens with zero attached hydrogens (tertiary/aromatic N) is 4. The molecule has 0 saturated carbocycles. The Hall–Kier alpha value is -3.00. The summed E-state index contributed by atoms with van der Waals surface area (Å²) in [5.41, 5.74) is 1.41. The first-order valence-electron chi connectivity index (χ1n) is 7.83. The van der Waals surface area contributed by atoms with Crippen LogP contribution in [0.4, 0.5) is 17.5 Å². The molecule has 0 unspecified atom stereocenters. The number of H-pyrrole nitrogens is 1. The Balaban J connectivity index is 1.53. The molecule has 0 aromatic carbocycles. The zero-order chi connectivity index (χ0) is 16.4. The molecule has 3 N–H and O–H groups in total. The Bertz CT molecular complexity index is 900. The van der Waals surface area contributed by atoms with Gasteiger partial charge in [0.15, 0.2) is 0 Å². The van der Waals surface area contributed by atoms with Crippen molar-refractivity contribution in [3.63, 3.8) is 0 Å². The van der Waals surface area contributed by atoms with Gasteiger partial charge in [-0.1, -0.05) is 0 Å². The molecular formula is C16H17N7O. The Kier molecular flexibility index (Phi) is 3.80. The molecule has 0 aliphatic carbocycles. The minimum absolute atomic E-state index is 0.189. The molecule has 0 bridgehead atoms. The summed E-state index contributed by atoms with van der Waals surface area (Å²) >= 11 is 0. The van der Waals surface area contributed by atoms with Gasteiger partial charge in [0, 0.05) is 43.8 Å². The van der Waals surface area contributed by atoms with E-state index in [9.17, 15) is 4.79 Å². The van der Waals surface area contributed by atoms with Crippen LogP contribution in [0.2, 0.25) is 0 Å². The second-order valence-corrected chi connectivity index (χ2v) is 5.58. The first-order chi connectivity index (χ1) is 11.8. The highest BCUT2D eigenvalue weighted by atomic mass is 16.1. The summed E-state index contributed by atoms with van der Waals surface area (Å²) in [6.07, 6.45) is 3.51. The summed E-state index contributed by atoms with van der Waals surface area (Å²) in [4.78, 5) is 29.3. The first kappa shape index (κ1) is 14.6. The normalized spacial score (nSPS) is 14.8. The number of piperazine rings is 1. The summed E-state index contributed by atoms with van der Waals surface area (Å²) in [7, 11) is 0. The fourth-order valence-corrected chi connectivity index (χ4v) is 2.68. The van der Waals surface area contributed by atoms with E-state index in [1.807, 2.05) is 18.3 Å². The molecule has 3 aromatic rings. The highest BCUT2D eigenvalue weighted by Gasteiger charge is 2.10. The minimum Gasteiger partial charge on any atom is -0.368 e. The topological polar surface area (TPSA) is 98.8 Å². The maximum Gasteiger partial charge on any atom is 0.249 e. The number of hydrogen-bond acceptors (Lipinski definition) is 7. The van der Waals surface area contributed by atoms with Crippen LogP contribution in [0.25, 0.3) is 11.0 Å². The largest absolute Gasteiger partial charge is 0.368 e. The van der Waals surface area contributed by atoms with Crippen molar-refractivity contribution in [2.24, 2.45) is 0 Å². The van der Waals surface area contributed by atoms with Gasteiger partial charge in [0.05, 0.1) is 11.9 Å². The number of anilines is 3. The number of fused-ring (bicyclic) bond motifs is 1. The number of aromatic nitrogens is 4. The molecule has 1 aliphatic heterocycles. The van der Waals surface area contributed by atoms with Gasteiger partial charge in [0.2, 0.25) is 11.5 Å². The van der Waals surface area contributed by atoms with Crippen LogP contribution in [-0.4, -0.2) is 46.1 Å². The van der Waals surface area contributed by atoms with Gasteiger partial charge in [-0.25, -0.2) is 9.97 Å². The van der Waals surface area contributed by atoms with Gasteiger partial charge < -0.3 is 20.5 Å². The standard InChI is InChI=1S/C16H17N7O/c24-14-4-1-11-9-19-16(22-15(11)21-14)20-13-3-2-12(10-18-13)23-7-5-17-6-8-23/h1-4,9-10,17H,5-8H2,(H2,18,19,20,21,22,24). The average molecular weight is 323 g/mol. The summed E-state index contributed by atoms with van der Waals surface area (Å²) in [6.45, 7) is 3.94. The second kappa shape index (κ2) is 6.25. The van der Waals surface area contributed by atoms with Crippen molar-refractivity contribution in [2.75, 3.05) is 36.4 Å². The number of nitrogens with one attached hydrogen (secondary N) is 3. The van der Waals surface area contributed by atoms with Gasteiger partial charge in [-0.15, -0.1) is 0 Å². The van der Waals surface area contributed by atoms with Crippen LogP contribution in [0.5, 0.6) is 0 Å². The molecule has 8 heteroatoms. The average Bonchev–Trinajstić information content (AvgIpc) is 2.63. The van der Waals surface area contributed by atoms with E-state index in [2.05, 4.69) is 35.5 Å². The molecule has 1 aliphatic rings. The molecule has 1 saturated heterocycles. The lowest BCUT2D eigenvalue weighted by molar-refractivity contribution is 0.589. The van der Waals surface area contributed by atoms with Crippen molar-refractivity contribution >= 4 is 28.5 Å². The summed E-state index contributed by atoms with van der Waals surface area (Å²) in [6, 6.07) is 7.08. The van der Waals surface area contributed by atoms with Gasteiger partial charge in [-0.05, 0) is 18.2 Å². The van der Waals surface area contributed by atoms with E-state index in [1.54, 1.807) is 12.3 Å². The van der Waals surface area contributed by atoms with Crippen LogP contribution in [0.3, 0.4) is 0 Å². The molecule has 4 rings (SSSR count). The number of rotatable bonds is 3. The van der Waals surface area contributed by atoms with Crippen LogP contribution in [0.1, 0.15) is 0 Å². The highest BCUT2D eigenvalue weighted by Crippen LogP contribution is 2.18. The van der Waals surface area contributed by atoms with E-state index in [1.165, 1.54) is 6.07 Å².